The van der Waals surface area contributed by atoms with E-state index in [2.05, 4.69) is 11.9 Å². The highest BCUT2D eigenvalue weighted by atomic mass is 16.4. The quantitative estimate of drug-likeness (QED) is 0.758. The lowest BCUT2D eigenvalue weighted by atomic mass is 10.1. The van der Waals surface area contributed by atoms with Crippen molar-refractivity contribution in [2.75, 3.05) is 0 Å². The molecule has 0 saturated carbocycles. The van der Waals surface area contributed by atoms with E-state index >= 15 is 0 Å². The third kappa shape index (κ3) is 2.58. The standard InChI is InChI=1S/C11H18N2O2/c1-4-5-6-7-9-10(11(14)15)13(3)8(2)12-9/h4-7H2,1-3H3,(H,14,15). The molecule has 4 nitrogen and oxygen atoms in total. The van der Waals surface area contributed by atoms with E-state index in [4.69, 9.17) is 5.11 Å². The maximum Gasteiger partial charge on any atom is 0.354 e. The number of carboxylic acid groups (broad SMARTS) is 1. The molecule has 4 heteroatoms. The summed E-state index contributed by atoms with van der Waals surface area (Å²) in [6, 6.07) is 0. The van der Waals surface area contributed by atoms with Gasteiger partial charge in [0.15, 0.2) is 0 Å². The largest absolute Gasteiger partial charge is 0.477 e. The summed E-state index contributed by atoms with van der Waals surface area (Å²) < 4.78 is 1.64. The minimum atomic E-state index is -0.885. The van der Waals surface area contributed by atoms with Crippen LogP contribution >= 0.6 is 0 Å². The number of hydrogen-bond acceptors (Lipinski definition) is 2. The Morgan fingerprint density at radius 2 is 2.13 bits per heavy atom. The van der Waals surface area contributed by atoms with Crippen molar-refractivity contribution < 1.29 is 9.90 Å². The van der Waals surface area contributed by atoms with Gasteiger partial charge in [-0.05, 0) is 19.8 Å². The first-order valence-corrected chi connectivity index (χ1v) is 5.33. The summed E-state index contributed by atoms with van der Waals surface area (Å²) in [4.78, 5) is 15.3. The Morgan fingerprint density at radius 1 is 1.47 bits per heavy atom. The maximum absolute atomic E-state index is 11.0. The molecule has 0 atom stereocenters. The monoisotopic (exact) mass is 210 g/mol. The van der Waals surface area contributed by atoms with E-state index in [1.165, 1.54) is 0 Å². The number of unbranched alkanes of at least 4 members (excludes halogenated alkanes) is 2. The number of carbonyl (C=O) groups is 1. The van der Waals surface area contributed by atoms with E-state index in [0.29, 0.717) is 5.69 Å². The molecular formula is C11H18N2O2. The minimum Gasteiger partial charge on any atom is -0.477 e. The number of imidazole rings is 1. The van der Waals surface area contributed by atoms with Crippen molar-refractivity contribution in [1.29, 1.82) is 0 Å². The lowest BCUT2D eigenvalue weighted by Gasteiger charge is -2.00. The van der Waals surface area contributed by atoms with Crippen LogP contribution in [0.5, 0.6) is 0 Å². The second-order valence-electron chi connectivity index (χ2n) is 3.78. The molecule has 0 saturated heterocycles. The Balaban J connectivity index is 2.86. The fourth-order valence-electron chi connectivity index (χ4n) is 1.66. The molecule has 0 aliphatic heterocycles. The van der Waals surface area contributed by atoms with Gasteiger partial charge in [-0.3, -0.25) is 0 Å². The molecule has 0 fully saturated rings. The molecule has 1 heterocycles. The zero-order valence-corrected chi connectivity index (χ0v) is 9.58. The predicted octanol–water partition coefficient (Wildman–Crippen LogP) is 2.16. The fourth-order valence-corrected chi connectivity index (χ4v) is 1.66. The molecule has 0 aliphatic rings. The summed E-state index contributed by atoms with van der Waals surface area (Å²) in [7, 11) is 1.75. The summed E-state index contributed by atoms with van der Waals surface area (Å²) in [5, 5.41) is 9.06. The van der Waals surface area contributed by atoms with Crippen molar-refractivity contribution >= 4 is 5.97 Å². The average Bonchev–Trinajstić information content (AvgIpc) is 2.43. The summed E-state index contributed by atoms with van der Waals surface area (Å²) in [5.74, 6) is -0.122. The smallest absolute Gasteiger partial charge is 0.354 e. The molecule has 0 aliphatic carbocycles. The van der Waals surface area contributed by atoms with Gasteiger partial charge < -0.3 is 9.67 Å². The van der Waals surface area contributed by atoms with Crippen LogP contribution in [0.3, 0.4) is 0 Å². The van der Waals surface area contributed by atoms with Crippen molar-refractivity contribution in [2.45, 2.75) is 39.5 Å². The zero-order valence-electron chi connectivity index (χ0n) is 9.58. The second kappa shape index (κ2) is 4.96. The molecule has 1 rings (SSSR count). The summed E-state index contributed by atoms with van der Waals surface area (Å²) in [5.41, 5.74) is 1.06. The molecule has 0 spiro atoms. The highest BCUT2D eigenvalue weighted by Gasteiger charge is 2.17. The van der Waals surface area contributed by atoms with E-state index in [-0.39, 0.29) is 0 Å². The number of aryl methyl sites for hydroxylation is 2. The van der Waals surface area contributed by atoms with E-state index in [9.17, 15) is 4.79 Å². The Labute approximate surface area is 89.9 Å². The van der Waals surface area contributed by atoms with Gasteiger partial charge >= 0.3 is 5.97 Å². The van der Waals surface area contributed by atoms with Gasteiger partial charge in [0.1, 0.15) is 11.5 Å². The number of rotatable bonds is 5. The van der Waals surface area contributed by atoms with Gasteiger partial charge in [-0.25, -0.2) is 9.78 Å². The SMILES string of the molecule is CCCCCc1nc(C)n(C)c1C(=O)O. The van der Waals surface area contributed by atoms with Crippen molar-refractivity contribution in [1.82, 2.24) is 9.55 Å². The molecule has 0 unspecified atom stereocenters. The molecule has 0 bridgehead atoms. The van der Waals surface area contributed by atoms with E-state index in [1.54, 1.807) is 11.6 Å². The second-order valence-corrected chi connectivity index (χ2v) is 3.78. The van der Waals surface area contributed by atoms with Crippen molar-refractivity contribution in [3.63, 3.8) is 0 Å². The Kier molecular flexibility index (Phi) is 3.88. The average molecular weight is 210 g/mol. The van der Waals surface area contributed by atoms with Gasteiger partial charge in [0, 0.05) is 7.05 Å². The maximum atomic E-state index is 11.0. The van der Waals surface area contributed by atoms with Crippen LogP contribution in [-0.2, 0) is 13.5 Å². The molecule has 1 aromatic heterocycles. The van der Waals surface area contributed by atoms with Crippen LogP contribution in [0.4, 0.5) is 0 Å². The predicted molar refractivity (Wildman–Crippen MR) is 58.1 cm³/mol. The minimum absolute atomic E-state index is 0.337. The van der Waals surface area contributed by atoms with Gasteiger partial charge in [0.2, 0.25) is 0 Å². The summed E-state index contributed by atoms with van der Waals surface area (Å²) in [6.45, 7) is 3.96. The molecular weight excluding hydrogens is 192 g/mol. The number of carboxylic acids is 1. The Hall–Kier alpha value is -1.32. The third-order valence-electron chi connectivity index (χ3n) is 2.61. The first-order chi connectivity index (χ1) is 7.07. The molecule has 15 heavy (non-hydrogen) atoms. The zero-order chi connectivity index (χ0) is 11.4. The first-order valence-electron chi connectivity index (χ1n) is 5.33. The number of aromatic nitrogens is 2. The van der Waals surface area contributed by atoms with E-state index in [0.717, 1.165) is 37.2 Å². The van der Waals surface area contributed by atoms with Crippen LogP contribution in [0.2, 0.25) is 0 Å². The first kappa shape index (κ1) is 11.8. The van der Waals surface area contributed by atoms with Crippen LogP contribution in [0.15, 0.2) is 0 Å². The summed E-state index contributed by atoms with van der Waals surface area (Å²) in [6.07, 6.45) is 4.02. The van der Waals surface area contributed by atoms with Crippen LogP contribution in [0.25, 0.3) is 0 Å². The third-order valence-corrected chi connectivity index (χ3v) is 2.61. The Bertz CT molecular complexity index is 356. The van der Waals surface area contributed by atoms with E-state index in [1.807, 2.05) is 6.92 Å². The molecule has 1 aromatic rings. The number of aromatic carboxylic acids is 1. The molecule has 0 radical (unpaired) electrons. The molecule has 0 aromatic carbocycles. The van der Waals surface area contributed by atoms with Crippen LogP contribution in [0.1, 0.15) is 48.2 Å². The normalized spacial score (nSPS) is 10.6. The van der Waals surface area contributed by atoms with Gasteiger partial charge in [0.25, 0.3) is 0 Å². The molecule has 1 N–H and O–H groups in total. The number of nitrogens with zero attached hydrogens (tertiary/aromatic N) is 2. The van der Waals surface area contributed by atoms with Crippen LogP contribution in [0, 0.1) is 6.92 Å². The highest BCUT2D eigenvalue weighted by molar-refractivity contribution is 5.87. The summed E-state index contributed by atoms with van der Waals surface area (Å²) >= 11 is 0. The molecule has 84 valence electrons. The highest BCUT2D eigenvalue weighted by Crippen LogP contribution is 2.13. The van der Waals surface area contributed by atoms with Crippen molar-refractivity contribution in [2.24, 2.45) is 7.05 Å². The Morgan fingerprint density at radius 3 is 2.67 bits per heavy atom. The lowest BCUT2D eigenvalue weighted by Crippen LogP contribution is -2.08. The van der Waals surface area contributed by atoms with Crippen molar-refractivity contribution in [3.05, 3.63) is 17.2 Å². The van der Waals surface area contributed by atoms with Crippen LogP contribution < -0.4 is 0 Å². The van der Waals surface area contributed by atoms with Crippen LogP contribution in [-0.4, -0.2) is 20.6 Å². The van der Waals surface area contributed by atoms with Gasteiger partial charge in [-0.15, -0.1) is 0 Å². The number of hydrogen-bond donors (Lipinski definition) is 1. The molecule has 0 amide bonds. The van der Waals surface area contributed by atoms with Gasteiger partial charge in [0.05, 0.1) is 5.69 Å². The van der Waals surface area contributed by atoms with E-state index < -0.39 is 5.97 Å². The van der Waals surface area contributed by atoms with Gasteiger partial charge in [-0.1, -0.05) is 19.8 Å². The fraction of sp³-hybridized carbons (Fsp3) is 0.636. The van der Waals surface area contributed by atoms with Crippen molar-refractivity contribution in [3.8, 4) is 0 Å². The topological polar surface area (TPSA) is 55.1 Å². The van der Waals surface area contributed by atoms with Gasteiger partial charge in [-0.2, -0.15) is 0 Å². The lowest BCUT2D eigenvalue weighted by molar-refractivity contribution is 0.0685.